The first kappa shape index (κ1) is 21.7. The van der Waals surface area contributed by atoms with E-state index in [1.165, 1.54) is 36.0 Å². The molecule has 2 aromatic rings. The summed E-state index contributed by atoms with van der Waals surface area (Å²) in [5.74, 6) is 0.661. The summed E-state index contributed by atoms with van der Waals surface area (Å²) >= 11 is 0. The Balaban J connectivity index is 1.25. The average Bonchev–Trinajstić information content (AvgIpc) is 3.44. The number of aliphatic carboxylic acids is 1. The molecule has 0 aromatic heterocycles. The van der Waals surface area contributed by atoms with Crippen LogP contribution >= 0.6 is 0 Å². The maximum absolute atomic E-state index is 11.1. The molecule has 0 radical (unpaired) electrons. The van der Waals surface area contributed by atoms with Gasteiger partial charge >= 0.3 is 5.97 Å². The van der Waals surface area contributed by atoms with Crippen LogP contribution in [0.15, 0.2) is 42.5 Å². The molecule has 1 saturated heterocycles. The zero-order chi connectivity index (χ0) is 23.1. The number of benzene rings is 2. The highest BCUT2D eigenvalue weighted by Crippen LogP contribution is 2.52. The Morgan fingerprint density at radius 3 is 2.85 bits per heavy atom. The van der Waals surface area contributed by atoms with Gasteiger partial charge in [0.25, 0.3) is 0 Å². The van der Waals surface area contributed by atoms with E-state index in [1.807, 2.05) is 18.2 Å². The SMILES string of the molecule is O=C(O)CC1COc2cc(OC3CCc4c(C5=CCCCC56CCOCC6)cccc43)ccc21. The van der Waals surface area contributed by atoms with Crippen LogP contribution < -0.4 is 9.47 Å². The predicted octanol–water partition coefficient (Wildman–Crippen LogP) is 6.07. The Bertz CT molecular complexity index is 1130. The number of carboxylic acid groups (broad SMARTS) is 1. The van der Waals surface area contributed by atoms with Crippen LogP contribution in [0.1, 0.15) is 79.2 Å². The smallest absolute Gasteiger partial charge is 0.304 e. The quantitative estimate of drug-likeness (QED) is 0.587. The van der Waals surface area contributed by atoms with Crippen LogP contribution in [0, 0.1) is 5.41 Å². The molecule has 4 aliphatic rings. The zero-order valence-corrected chi connectivity index (χ0v) is 19.6. The van der Waals surface area contributed by atoms with Gasteiger partial charge in [0.1, 0.15) is 17.6 Å². The molecule has 178 valence electrons. The number of ether oxygens (including phenoxy) is 3. The van der Waals surface area contributed by atoms with Crippen molar-refractivity contribution in [3.8, 4) is 11.5 Å². The first-order valence-electron chi connectivity index (χ1n) is 12.7. The first-order valence-corrected chi connectivity index (χ1v) is 12.7. The van der Waals surface area contributed by atoms with E-state index < -0.39 is 5.97 Å². The minimum absolute atomic E-state index is 0.0269. The van der Waals surface area contributed by atoms with Gasteiger partial charge in [-0.25, -0.2) is 0 Å². The summed E-state index contributed by atoms with van der Waals surface area (Å²) in [5.41, 5.74) is 6.97. The maximum atomic E-state index is 11.1. The van der Waals surface area contributed by atoms with E-state index in [4.69, 9.17) is 19.3 Å². The third-order valence-corrected chi connectivity index (χ3v) is 8.30. The number of carboxylic acids is 1. The number of carbonyl (C=O) groups is 1. The molecule has 2 unspecified atom stereocenters. The third kappa shape index (κ3) is 3.80. The summed E-state index contributed by atoms with van der Waals surface area (Å²) in [6.07, 6.45) is 10.6. The molecule has 2 atom stereocenters. The summed E-state index contributed by atoms with van der Waals surface area (Å²) < 4.78 is 18.0. The number of allylic oxidation sites excluding steroid dienone is 2. The van der Waals surface area contributed by atoms with Crippen LogP contribution in [0.2, 0.25) is 0 Å². The molecule has 34 heavy (non-hydrogen) atoms. The predicted molar refractivity (Wildman–Crippen MR) is 129 cm³/mol. The molecule has 0 bridgehead atoms. The van der Waals surface area contributed by atoms with Crippen LogP contribution in [0.3, 0.4) is 0 Å². The summed E-state index contributed by atoms with van der Waals surface area (Å²) in [5, 5.41) is 9.14. The van der Waals surface area contributed by atoms with Crippen molar-refractivity contribution in [2.75, 3.05) is 19.8 Å². The normalized spacial score (nSPS) is 24.8. The fraction of sp³-hybridized carbons (Fsp3) is 0.483. The van der Waals surface area contributed by atoms with Crippen molar-refractivity contribution in [2.45, 2.75) is 63.4 Å². The monoisotopic (exact) mass is 460 g/mol. The summed E-state index contributed by atoms with van der Waals surface area (Å²) in [7, 11) is 0. The van der Waals surface area contributed by atoms with E-state index in [0.717, 1.165) is 56.0 Å². The summed E-state index contributed by atoms with van der Waals surface area (Å²) in [6, 6.07) is 12.6. The molecule has 6 rings (SSSR count). The fourth-order valence-corrected chi connectivity index (χ4v) is 6.58. The molecule has 1 spiro atoms. The largest absolute Gasteiger partial charge is 0.492 e. The van der Waals surface area contributed by atoms with Gasteiger partial charge in [0.2, 0.25) is 0 Å². The molecule has 1 N–H and O–H groups in total. The highest BCUT2D eigenvalue weighted by atomic mass is 16.5. The van der Waals surface area contributed by atoms with Gasteiger partial charge in [0, 0.05) is 30.8 Å². The fourth-order valence-electron chi connectivity index (χ4n) is 6.58. The van der Waals surface area contributed by atoms with E-state index in [2.05, 4.69) is 24.3 Å². The molecule has 2 heterocycles. The van der Waals surface area contributed by atoms with Crippen molar-refractivity contribution in [3.63, 3.8) is 0 Å². The lowest BCUT2D eigenvalue weighted by atomic mass is 9.65. The van der Waals surface area contributed by atoms with Crippen LogP contribution in [0.5, 0.6) is 11.5 Å². The van der Waals surface area contributed by atoms with Crippen LogP contribution in [-0.4, -0.2) is 30.9 Å². The Morgan fingerprint density at radius 2 is 2.00 bits per heavy atom. The minimum atomic E-state index is -0.796. The van der Waals surface area contributed by atoms with E-state index in [1.54, 1.807) is 5.57 Å². The van der Waals surface area contributed by atoms with Gasteiger partial charge in [-0.15, -0.1) is 0 Å². The molecule has 1 fully saturated rings. The van der Waals surface area contributed by atoms with E-state index >= 15 is 0 Å². The zero-order valence-electron chi connectivity index (χ0n) is 19.6. The topological polar surface area (TPSA) is 65.0 Å². The van der Waals surface area contributed by atoms with Gasteiger partial charge < -0.3 is 19.3 Å². The molecule has 2 aliphatic heterocycles. The lowest BCUT2D eigenvalue weighted by Gasteiger charge is -2.42. The van der Waals surface area contributed by atoms with Crippen molar-refractivity contribution in [2.24, 2.45) is 5.41 Å². The second-order valence-electron chi connectivity index (χ2n) is 10.2. The average molecular weight is 461 g/mol. The first-order chi connectivity index (χ1) is 16.6. The number of rotatable bonds is 5. The number of fused-ring (bicyclic) bond motifs is 2. The van der Waals surface area contributed by atoms with Crippen molar-refractivity contribution in [1.82, 2.24) is 0 Å². The van der Waals surface area contributed by atoms with E-state index in [9.17, 15) is 4.79 Å². The molecule has 2 aromatic carbocycles. The standard InChI is InChI=1S/C29H32O5/c30-28(31)16-19-18-33-27-17-20(7-8-21(19)27)34-26-10-9-22-23(4-3-5-24(22)26)25-6-1-2-11-29(25)12-14-32-15-13-29/h3-8,17,19,26H,1-2,9-16,18H2,(H,30,31). The maximum Gasteiger partial charge on any atom is 0.304 e. The third-order valence-electron chi connectivity index (χ3n) is 8.30. The Labute approximate surface area is 200 Å². The van der Waals surface area contributed by atoms with Gasteiger partial charge in [-0.2, -0.15) is 0 Å². The van der Waals surface area contributed by atoms with E-state index in [-0.39, 0.29) is 23.9 Å². The van der Waals surface area contributed by atoms with Crippen molar-refractivity contribution < 1.29 is 24.1 Å². The highest BCUT2D eigenvalue weighted by Gasteiger charge is 2.40. The second kappa shape index (κ2) is 8.77. The lowest BCUT2D eigenvalue weighted by molar-refractivity contribution is -0.137. The number of hydrogen-bond donors (Lipinski definition) is 1. The van der Waals surface area contributed by atoms with Gasteiger partial charge in [-0.05, 0) is 78.7 Å². The Morgan fingerprint density at radius 1 is 1.12 bits per heavy atom. The van der Waals surface area contributed by atoms with Crippen LogP contribution in [0.4, 0.5) is 0 Å². The lowest BCUT2D eigenvalue weighted by Crippen LogP contribution is -2.32. The molecular weight excluding hydrogens is 428 g/mol. The molecule has 0 amide bonds. The molecule has 5 nitrogen and oxygen atoms in total. The van der Waals surface area contributed by atoms with Gasteiger partial charge in [0.15, 0.2) is 0 Å². The van der Waals surface area contributed by atoms with Crippen molar-refractivity contribution in [1.29, 1.82) is 0 Å². The van der Waals surface area contributed by atoms with Gasteiger partial charge in [-0.3, -0.25) is 4.79 Å². The summed E-state index contributed by atoms with van der Waals surface area (Å²) in [6.45, 7) is 2.15. The van der Waals surface area contributed by atoms with Gasteiger partial charge in [-0.1, -0.05) is 30.3 Å². The molecule has 0 saturated carbocycles. The van der Waals surface area contributed by atoms with Crippen molar-refractivity contribution >= 4 is 11.5 Å². The number of hydrogen-bond acceptors (Lipinski definition) is 4. The molecule has 5 heteroatoms. The Hall–Kier alpha value is -2.79. The highest BCUT2D eigenvalue weighted by molar-refractivity contribution is 5.75. The molecule has 2 aliphatic carbocycles. The van der Waals surface area contributed by atoms with Crippen LogP contribution in [0.25, 0.3) is 5.57 Å². The Kier molecular flexibility index (Phi) is 5.60. The second-order valence-corrected chi connectivity index (χ2v) is 10.2. The minimum Gasteiger partial charge on any atom is -0.492 e. The summed E-state index contributed by atoms with van der Waals surface area (Å²) in [4.78, 5) is 11.1. The van der Waals surface area contributed by atoms with Crippen LogP contribution in [-0.2, 0) is 16.0 Å². The van der Waals surface area contributed by atoms with Gasteiger partial charge in [0.05, 0.1) is 13.0 Å². The molecular formula is C29H32O5. The van der Waals surface area contributed by atoms with E-state index in [0.29, 0.717) is 6.61 Å². The van der Waals surface area contributed by atoms with Crippen molar-refractivity contribution in [3.05, 3.63) is 64.7 Å².